The predicted octanol–water partition coefficient (Wildman–Crippen LogP) is 5.47. The topological polar surface area (TPSA) is 23.8 Å². The Hall–Kier alpha value is -0.420. The van der Waals surface area contributed by atoms with Crippen LogP contribution in [0.15, 0.2) is 11.1 Å². The van der Waals surface area contributed by atoms with Gasteiger partial charge in [0.2, 0.25) is 0 Å². The summed E-state index contributed by atoms with van der Waals surface area (Å²) in [7, 11) is 0. The number of hydrogen-bond acceptors (Lipinski definition) is 2. The van der Waals surface area contributed by atoms with Crippen molar-refractivity contribution < 1.29 is 0 Å². The molecule has 0 spiro atoms. The van der Waals surface area contributed by atoms with Crippen LogP contribution in [0.4, 0.5) is 0 Å². The Bertz CT molecular complexity index is 301. The molecule has 0 aromatic heterocycles. The molecule has 0 aliphatic carbocycles. The molecule has 0 bridgehead atoms. The molecule has 0 saturated heterocycles. The van der Waals surface area contributed by atoms with Crippen molar-refractivity contribution in [3.8, 4) is 6.07 Å². The van der Waals surface area contributed by atoms with Crippen molar-refractivity contribution in [3.63, 3.8) is 0 Å². The van der Waals surface area contributed by atoms with Crippen molar-refractivity contribution >= 4 is 11.8 Å². The fourth-order valence-electron chi connectivity index (χ4n) is 2.52. The van der Waals surface area contributed by atoms with Crippen LogP contribution in [-0.2, 0) is 0 Å². The number of nitrogens with zero attached hydrogens (tertiary/aromatic N) is 1. The van der Waals surface area contributed by atoms with Crippen molar-refractivity contribution in [1.82, 2.24) is 0 Å². The first kappa shape index (κ1) is 15.6. The van der Waals surface area contributed by atoms with Gasteiger partial charge in [-0.2, -0.15) is 5.26 Å². The molecule has 0 saturated carbocycles. The Labute approximate surface area is 117 Å². The van der Waals surface area contributed by atoms with Crippen LogP contribution in [0, 0.1) is 11.3 Å². The normalized spacial score (nSPS) is 19.9. The maximum Gasteiger partial charge on any atom is 0.0956 e. The van der Waals surface area contributed by atoms with E-state index in [0.717, 1.165) is 12.2 Å². The standard InChI is InChI=1S/C16H27NS/c1-3-5-7-9-14-11-16(12-17)18-13-15(14)10-8-6-4-2/h16H,3-11,13H2,1-2H3. The van der Waals surface area contributed by atoms with Gasteiger partial charge in [0.1, 0.15) is 0 Å². The molecule has 1 rings (SSSR count). The van der Waals surface area contributed by atoms with Crippen molar-refractivity contribution in [2.24, 2.45) is 0 Å². The van der Waals surface area contributed by atoms with E-state index < -0.39 is 0 Å². The summed E-state index contributed by atoms with van der Waals surface area (Å²) in [6, 6.07) is 2.44. The first-order valence-electron chi connectivity index (χ1n) is 7.52. The molecule has 18 heavy (non-hydrogen) atoms. The summed E-state index contributed by atoms with van der Waals surface area (Å²) in [6.07, 6.45) is 11.5. The van der Waals surface area contributed by atoms with Crippen LogP contribution in [0.5, 0.6) is 0 Å². The third kappa shape index (κ3) is 5.48. The molecule has 1 unspecified atom stereocenters. The summed E-state index contributed by atoms with van der Waals surface area (Å²) in [5, 5.41) is 9.31. The van der Waals surface area contributed by atoms with E-state index in [-0.39, 0.29) is 5.25 Å². The molecular weight excluding hydrogens is 238 g/mol. The number of allylic oxidation sites excluding steroid dienone is 1. The highest BCUT2D eigenvalue weighted by atomic mass is 32.2. The zero-order valence-corrected chi connectivity index (χ0v) is 12.8. The van der Waals surface area contributed by atoms with Crippen LogP contribution >= 0.6 is 11.8 Å². The molecular formula is C16H27NS. The fourth-order valence-corrected chi connectivity index (χ4v) is 3.66. The lowest BCUT2D eigenvalue weighted by atomic mass is 9.94. The minimum absolute atomic E-state index is 0.219. The van der Waals surface area contributed by atoms with E-state index in [9.17, 15) is 0 Å². The molecule has 102 valence electrons. The summed E-state index contributed by atoms with van der Waals surface area (Å²) in [6.45, 7) is 4.52. The van der Waals surface area contributed by atoms with Gasteiger partial charge in [-0.3, -0.25) is 0 Å². The van der Waals surface area contributed by atoms with E-state index in [0.29, 0.717) is 0 Å². The van der Waals surface area contributed by atoms with Crippen molar-refractivity contribution in [1.29, 1.82) is 5.26 Å². The number of hydrogen-bond donors (Lipinski definition) is 0. The molecule has 2 heteroatoms. The van der Waals surface area contributed by atoms with Crippen molar-refractivity contribution in [3.05, 3.63) is 11.1 Å². The van der Waals surface area contributed by atoms with E-state index in [2.05, 4.69) is 19.9 Å². The third-order valence-electron chi connectivity index (χ3n) is 3.70. The van der Waals surface area contributed by atoms with Gasteiger partial charge < -0.3 is 0 Å². The van der Waals surface area contributed by atoms with Gasteiger partial charge >= 0.3 is 0 Å². The van der Waals surface area contributed by atoms with Crippen LogP contribution in [0.2, 0.25) is 0 Å². The van der Waals surface area contributed by atoms with Gasteiger partial charge in [0.05, 0.1) is 11.3 Å². The highest BCUT2D eigenvalue weighted by molar-refractivity contribution is 8.00. The fraction of sp³-hybridized carbons (Fsp3) is 0.812. The quantitative estimate of drug-likeness (QED) is 0.429. The molecule has 1 nitrogen and oxygen atoms in total. The zero-order chi connectivity index (χ0) is 13.2. The highest BCUT2D eigenvalue weighted by Gasteiger charge is 2.20. The maximum absolute atomic E-state index is 9.09. The Kier molecular flexibility index (Phi) is 8.25. The second-order valence-electron chi connectivity index (χ2n) is 5.25. The molecule has 1 aliphatic heterocycles. The van der Waals surface area contributed by atoms with E-state index >= 15 is 0 Å². The van der Waals surface area contributed by atoms with E-state index in [4.69, 9.17) is 5.26 Å². The second kappa shape index (κ2) is 9.50. The summed E-state index contributed by atoms with van der Waals surface area (Å²) in [5.74, 6) is 1.11. The Balaban J connectivity index is 2.54. The number of rotatable bonds is 8. The van der Waals surface area contributed by atoms with Crippen LogP contribution in [0.3, 0.4) is 0 Å². The monoisotopic (exact) mass is 265 g/mol. The summed E-state index contributed by atoms with van der Waals surface area (Å²) < 4.78 is 0. The van der Waals surface area contributed by atoms with Crippen LogP contribution in [-0.4, -0.2) is 11.0 Å². The van der Waals surface area contributed by atoms with E-state index in [1.807, 2.05) is 11.8 Å². The van der Waals surface area contributed by atoms with Crippen molar-refractivity contribution in [2.75, 3.05) is 5.75 Å². The first-order valence-corrected chi connectivity index (χ1v) is 8.57. The molecule has 0 radical (unpaired) electrons. The summed E-state index contributed by atoms with van der Waals surface area (Å²) >= 11 is 1.85. The second-order valence-corrected chi connectivity index (χ2v) is 6.45. The highest BCUT2D eigenvalue weighted by Crippen LogP contribution is 2.34. The minimum Gasteiger partial charge on any atom is -0.197 e. The maximum atomic E-state index is 9.09. The molecule has 0 aromatic carbocycles. The van der Waals surface area contributed by atoms with Crippen LogP contribution in [0.25, 0.3) is 0 Å². The van der Waals surface area contributed by atoms with Gasteiger partial charge in [0.25, 0.3) is 0 Å². The van der Waals surface area contributed by atoms with Gasteiger partial charge in [-0.1, -0.05) is 50.7 Å². The SMILES string of the molecule is CCCCCC1=C(CCCCC)CC(C#N)SC1. The Morgan fingerprint density at radius 3 is 2.22 bits per heavy atom. The van der Waals surface area contributed by atoms with Crippen LogP contribution in [0.1, 0.15) is 71.6 Å². The van der Waals surface area contributed by atoms with E-state index in [1.54, 1.807) is 11.1 Å². The van der Waals surface area contributed by atoms with Gasteiger partial charge in [-0.25, -0.2) is 0 Å². The predicted molar refractivity (Wildman–Crippen MR) is 81.8 cm³/mol. The molecule has 0 N–H and O–H groups in total. The van der Waals surface area contributed by atoms with Crippen LogP contribution < -0.4 is 0 Å². The third-order valence-corrected chi connectivity index (χ3v) is 4.89. The Morgan fingerprint density at radius 2 is 1.67 bits per heavy atom. The molecule has 1 heterocycles. The molecule has 0 fully saturated rings. The smallest absolute Gasteiger partial charge is 0.0956 e. The lowest BCUT2D eigenvalue weighted by Crippen LogP contribution is -2.12. The van der Waals surface area contributed by atoms with Gasteiger partial charge in [0, 0.05) is 5.75 Å². The first-order chi connectivity index (χ1) is 8.81. The average Bonchev–Trinajstić information content (AvgIpc) is 2.40. The van der Waals surface area contributed by atoms with Gasteiger partial charge in [0.15, 0.2) is 0 Å². The van der Waals surface area contributed by atoms with E-state index in [1.165, 1.54) is 51.4 Å². The molecule has 1 atom stereocenters. The molecule has 0 amide bonds. The number of unbranched alkanes of at least 4 members (excludes halogenated alkanes) is 4. The van der Waals surface area contributed by atoms with Gasteiger partial charge in [-0.15, -0.1) is 11.8 Å². The molecule has 0 aromatic rings. The van der Waals surface area contributed by atoms with Crippen molar-refractivity contribution in [2.45, 2.75) is 76.9 Å². The average molecular weight is 265 g/mol. The number of nitriles is 1. The largest absolute Gasteiger partial charge is 0.197 e. The number of thioether (sulfide) groups is 1. The lowest BCUT2D eigenvalue weighted by Gasteiger charge is -2.23. The summed E-state index contributed by atoms with van der Waals surface area (Å²) in [4.78, 5) is 0. The lowest BCUT2D eigenvalue weighted by molar-refractivity contribution is 0.669. The zero-order valence-electron chi connectivity index (χ0n) is 12.0. The summed E-state index contributed by atoms with van der Waals surface area (Å²) in [5.41, 5.74) is 3.31. The minimum atomic E-state index is 0.219. The van der Waals surface area contributed by atoms with Gasteiger partial charge in [-0.05, 0) is 32.1 Å². The Morgan fingerprint density at radius 1 is 1.06 bits per heavy atom. The molecule has 1 aliphatic rings.